The molecule has 0 saturated carbocycles. The zero-order valence-electron chi connectivity index (χ0n) is 11.5. The van der Waals surface area contributed by atoms with E-state index in [1.807, 2.05) is 24.3 Å². The number of carbonyl (C=O) groups excluding carboxylic acids is 1. The van der Waals surface area contributed by atoms with Gasteiger partial charge in [0.15, 0.2) is 0 Å². The third-order valence-electron chi connectivity index (χ3n) is 2.98. The van der Waals surface area contributed by atoms with E-state index < -0.39 is 5.97 Å². The standard InChI is InChI=1S/C16H16N2O3/c19-15(12-13-6-4-5-10-17-13)18(11-9-16(20)21)14-7-2-1-3-8-14/h1-8,10H,9,11-12H2,(H,20,21). The lowest BCUT2D eigenvalue weighted by atomic mass is 10.2. The lowest BCUT2D eigenvalue weighted by molar-refractivity contribution is -0.136. The molecule has 2 aromatic rings. The van der Waals surface area contributed by atoms with Crippen LogP contribution in [0, 0.1) is 0 Å². The van der Waals surface area contributed by atoms with Gasteiger partial charge in [0.2, 0.25) is 5.91 Å². The Morgan fingerprint density at radius 1 is 1.05 bits per heavy atom. The first-order valence-electron chi connectivity index (χ1n) is 6.64. The van der Waals surface area contributed by atoms with Crippen molar-refractivity contribution in [2.45, 2.75) is 12.8 Å². The largest absolute Gasteiger partial charge is 0.481 e. The average molecular weight is 284 g/mol. The number of anilines is 1. The number of amides is 1. The zero-order valence-corrected chi connectivity index (χ0v) is 11.5. The Morgan fingerprint density at radius 2 is 1.76 bits per heavy atom. The van der Waals surface area contributed by atoms with Crippen LogP contribution in [0.25, 0.3) is 0 Å². The molecular formula is C16H16N2O3. The molecule has 0 spiro atoms. The maximum atomic E-state index is 12.4. The fourth-order valence-corrected chi connectivity index (χ4v) is 1.97. The molecule has 0 saturated heterocycles. The third-order valence-corrected chi connectivity index (χ3v) is 2.98. The molecule has 0 bridgehead atoms. The second-order valence-electron chi connectivity index (χ2n) is 4.52. The van der Waals surface area contributed by atoms with E-state index in [4.69, 9.17) is 5.11 Å². The summed E-state index contributed by atoms with van der Waals surface area (Å²) in [6.07, 6.45) is 1.69. The van der Waals surface area contributed by atoms with Crippen LogP contribution in [0.3, 0.4) is 0 Å². The number of hydrogen-bond donors (Lipinski definition) is 1. The molecule has 2 rings (SSSR count). The predicted molar refractivity (Wildman–Crippen MR) is 79.0 cm³/mol. The Hall–Kier alpha value is -2.69. The van der Waals surface area contributed by atoms with Crippen molar-refractivity contribution in [3.63, 3.8) is 0 Å². The van der Waals surface area contributed by atoms with Gasteiger partial charge in [0.05, 0.1) is 12.8 Å². The van der Waals surface area contributed by atoms with Crippen LogP contribution in [-0.4, -0.2) is 28.5 Å². The Bertz CT molecular complexity index is 599. The van der Waals surface area contributed by atoms with E-state index in [1.54, 1.807) is 30.5 Å². The molecule has 0 aliphatic heterocycles. The van der Waals surface area contributed by atoms with Gasteiger partial charge in [-0.1, -0.05) is 24.3 Å². The van der Waals surface area contributed by atoms with E-state index in [2.05, 4.69) is 4.98 Å². The number of carbonyl (C=O) groups is 2. The van der Waals surface area contributed by atoms with Gasteiger partial charge in [-0.15, -0.1) is 0 Å². The van der Waals surface area contributed by atoms with Gasteiger partial charge in [0.1, 0.15) is 0 Å². The number of para-hydroxylation sites is 1. The van der Waals surface area contributed by atoms with Crippen LogP contribution in [0.4, 0.5) is 5.69 Å². The monoisotopic (exact) mass is 284 g/mol. The van der Waals surface area contributed by atoms with Gasteiger partial charge >= 0.3 is 5.97 Å². The molecule has 21 heavy (non-hydrogen) atoms. The summed E-state index contributed by atoms with van der Waals surface area (Å²) < 4.78 is 0. The van der Waals surface area contributed by atoms with Crippen molar-refractivity contribution < 1.29 is 14.7 Å². The molecule has 0 fully saturated rings. The Morgan fingerprint density at radius 3 is 2.38 bits per heavy atom. The summed E-state index contributed by atoms with van der Waals surface area (Å²) in [7, 11) is 0. The van der Waals surface area contributed by atoms with E-state index in [0.29, 0.717) is 11.4 Å². The van der Waals surface area contributed by atoms with Crippen LogP contribution in [0.2, 0.25) is 0 Å². The lowest BCUT2D eigenvalue weighted by Gasteiger charge is -2.22. The molecule has 0 radical (unpaired) electrons. The summed E-state index contributed by atoms with van der Waals surface area (Å²) in [4.78, 5) is 28.8. The third kappa shape index (κ3) is 4.42. The van der Waals surface area contributed by atoms with Gasteiger partial charge in [0.25, 0.3) is 0 Å². The maximum absolute atomic E-state index is 12.4. The number of aliphatic carboxylic acids is 1. The van der Waals surface area contributed by atoms with Crippen molar-refractivity contribution in [2.24, 2.45) is 0 Å². The molecular weight excluding hydrogens is 268 g/mol. The SMILES string of the molecule is O=C(O)CCN(C(=O)Cc1ccccn1)c1ccccc1. The molecule has 108 valence electrons. The maximum Gasteiger partial charge on any atom is 0.305 e. The smallest absolute Gasteiger partial charge is 0.305 e. The highest BCUT2D eigenvalue weighted by Gasteiger charge is 2.17. The Balaban J connectivity index is 2.14. The van der Waals surface area contributed by atoms with Crippen LogP contribution < -0.4 is 4.90 Å². The first kappa shape index (κ1) is 14.7. The first-order valence-corrected chi connectivity index (χ1v) is 6.64. The molecule has 0 unspecified atom stereocenters. The molecule has 1 aromatic heterocycles. The Labute approximate surface area is 122 Å². The minimum atomic E-state index is -0.929. The highest BCUT2D eigenvalue weighted by Crippen LogP contribution is 2.15. The van der Waals surface area contributed by atoms with Gasteiger partial charge in [-0.2, -0.15) is 0 Å². The normalized spacial score (nSPS) is 10.1. The number of rotatable bonds is 6. The molecule has 0 atom stereocenters. The quantitative estimate of drug-likeness (QED) is 0.882. The second-order valence-corrected chi connectivity index (χ2v) is 4.52. The van der Waals surface area contributed by atoms with Gasteiger partial charge in [-0.05, 0) is 24.3 Å². The van der Waals surface area contributed by atoms with Crippen LogP contribution in [0.1, 0.15) is 12.1 Å². The van der Waals surface area contributed by atoms with Crippen LogP contribution in [0.15, 0.2) is 54.7 Å². The van der Waals surface area contributed by atoms with Gasteiger partial charge in [-0.25, -0.2) is 0 Å². The molecule has 5 nitrogen and oxygen atoms in total. The van der Waals surface area contributed by atoms with Crippen LogP contribution in [0.5, 0.6) is 0 Å². The van der Waals surface area contributed by atoms with Gasteiger partial charge in [0, 0.05) is 24.1 Å². The highest BCUT2D eigenvalue weighted by atomic mass is 16.4. The lowest BCUT2D eigenvalue weighted by Crippen LogP contribution is -2.34. The molecule has 0 aliphatic rings. The van der Waals surface area contributed by atoms with Crippen LogP contribution in [-0.2, 0) is 16.0 Å². The molecule has 0 aliphatic carbocycles. The van der Waals surface area contributed by atoms with Crippen molar-refractivity contribution in [2.75, 3.05) is 11.4 Å². The van der Waals surface area contributed by atoms with Gasteiger partial charge < -0.3 is 10.0 Å². The molecule has 1 heterocycles. The molecule has 5 heteroatoms. The summed E-state index contributed by atoms with van der Waals surface area (Å²) in [6.45, 7) is 0.144. The fourth-order valence-electron chi connectivity index (χ4n) is 1.97. The number of carboxylic acid groups (broad SMARTS) is 1. The number of carboxylic acids is 1. The van der Waals surface area contributed by atoms with Crippen molar-refractivity contribution in [1.29, 1.82) is 0 Å². The molecule has 1 aromatic carbocycles. The zero-order chi connectivity index (χ0) is 15.1. The fraction of sp³-hybridized carbons (Fsp3) is 0.188. The van der Waals surface area contributed by atoms with Crippen molar-refractivity contribution in [3.8, 4) is 0 Å². The van der Waals surface area contributed by atoms with Crippen molar-refractivity contribution >= 4 is 17.6 Å². The summed E-state index contributed by atoms with van der Waals surface area (Å²) in [5, 5.41) is 8.83. The van der Waals surface area contributed by atoms with Crippen LogP contribution >= 0.6 is 0 Å². The predicted octanol–water partition coefficient (Wildman–Crippen LogP) is 2.13. The molecule has 1 amide bonds. The first-order chi connectivity index (χ1) is 10.2. The second kappa shape index (κ2) is 7.19. The topological polar surface area (TPSA) is 70.5 Å². The van der Waals surface area contributed by atoms with Crippen molar-refractivity contribution in [1.82, 2.24) is 4.98 Å². The van der Waals surface area contributed by atoms with E-state index in [1.165, 1.54) is 4.90 Å². The average Bonchev–Trinajstić information content (AvgIpc) is 2.49. The van der Waals surface area contributed by atoms with Gasteiger partial charge in [-0.3, -0.25) is 14.6 Å². The number of aromatic nitrogens is 1. The number of benzene rings is 1. The Kier molecular flexibility index (Phi) is 5.04. The van der Waals surface area contributed by atoms with E-state index >= 15 is 0 Å². The summed E-state index contributed by atoms with van der Waals surface area (Å²) in [6, 6.07) is 14.4. The summed E-state index contributed by atoms with van der Waals surface area (Å²) in [5.41, 5.74) is 1.36. The summed E-state index contributed by atoms with van der Waals surface area (Å²) in [5.74, 6) is -1.09. The molecule has 1 N–H and O–H groups in total. The minimum Gasteiger partial charge on any atom is -0.481 e. The summed E-state index contributed by atoms with van der Waals surface area (Å²) >= 11 is 0. The minimum absolute atomic E-state index is 0.0944. The number of nitrogens with zero attached hydrogens (tertiary/aromatic N) is 2. The van der Waals surface area contributed by atoms with E-state index in [9.17, 15) is 9.59 Å². The number of hydrogen-bond acceptors (Lipinski definition) is 3. The van der Waals surface area contributed by atoms with E-state index in [0.717, 1.165) is 0 Å². The van der Waals surface area contributed by atoms with Crippen molar-refractivity contribution in [3.05, 3.63) is 60.4 Å². The number of pyridine rings is 1. The van der Waals surface area contributed by atoms with E-state index in [-0.39, 0.29) is 25.3 Å². The highest BCUT2D eigenvalue weighted by molar-refractivity contribution is 5.94.